The van der Waals surface area contributed by atoms with Crippen LogP contribution in [-0.4, -0.2) is 40.4 Å². The Morgan fingerprint density at radius 1 is 1.25 bits per heavy atom. The maximum Gasteiger partial charge on any atom is 0.270 e. The number of amides is 1. The van der Waals surface area contributed by atoms with E-state index in [1.807, 2.05) is 0 Å². The van der Waals surface area contributed by atoms with E-state index in [4.69, 9.17) is 5.73 Å². The lowest BCUT2D eigenvalue weighted by Gasteiger charge is -2.42. The topological polar surface area (TPSA) is 86.5 Å². The zero-order valence-electron chi connectivity index (χ0n) is 13.1. The average Bonchev–Trinajstić information content (AvgIpc) is 3.09. The van der Waals surface area contributed by atoms with E-state index in [0.717, 1.165) is 0 Å². The van der Waals surface area contributed by atoms with E-state index in [0.29, 0.717) is 42.9 Å². The summed E-state index contributed by atoms with van der Waals surface area (Å²) in [4.78, 5) is 21.7. The Hall–Kier alpha value is -2.83. The number of aromatic amines is 1. The van der Waals surface area contributed by atoms with Gasteiger partial charge in [0.05, 0.1) is 5.56 Å². The number of nitrogens with two attached hydrogens (primary N) is 1. The number of amidine groups is 1. The maximum absolute atomic E-state index is 13.9. The van der Waals surface area contributed by atoms with E-state index >= 15 is 0 Å². The molecule has 1 amide bonds. The number of hydrogen-bond acceptors (Lipinski definition) is 4. The van der Waals surface area contributed by atoms with Crippen LogP contribution in [0.15, 0.2) is 41.5 Å². The van der Waals surface area contributed by atoms with Crippen molar-refractivity contribution in [3.8, 4) is 0 Å². The molecule has 7 heteroatoms. The van der Waals surface area contributed by atoms with Crippen molar-refractivity contribution >= 4 is 17.4 Å². The number of nitrogens with zero attached hydrogens (tertiary/aromatic N) is 2. The molecule has 4 N–H and O–H groups in total. The van der Waals surface area contributed by atoms with E-state index < -0.39 is 5.66 Å². The van der Waals surface area contributed by atoms with E-state index in [9.17, 15) is 9.18 Å². The van der Waals surface area contributed by atoms with Gasteiger partial charge < -0.3 is 20.9 Å². The molecule has 0 unspecified atom stereocenters. The van der Waals surface area contributed by atoms with Crippen molar-refractivity contribution in [3.05, 3.63) is 53.6 Å². The van der Waals surface area contributed by atoms with Crippen LogP contribution in [0.5, 0.6) is 0 Å². The molecule has 4 rings (SSSR count). The van der Waals surface area contributed by atoms with E-state index in [-0.39, 0.29) is 17.6 Å². The molecule has 2 aliphatic rings. The molecule has 124 valence electrons. The number of anilines is 1. The molecule has 0 bridgehead atoms. The molecule has 0 radical (unpaired) electrons. The highest BCUT2D eigenvalue weighted by Crippen LogP contribution is 2.35. The van der Waals surface area contributed by atoms with Crippen LogP contribution in [0.3, 0.4) is 0 Å². The molecular formula is C17H18FN5O. The van der Waals surface area contributed by atoms with Gasteiger partial charge >= 0.3 is 0 Å². The molecule has 1 spiro atoms. The monoisotopic (exact) mass is 327 g/mol. The summed E-state index contributed by atoms with van der Waals surface area (Å²) in [5.74, 6) is -0.185. The average molecular weight is 327 g/mol. The summed E-state index contributed by atoms with van der Waals surface area (Å²) < 4.78 is 13.9. The second-order valence-electron chi connectivity index (χ2n) is 6.19. The fourth-order valence-electron chi connectivity index (χ4n) is 3.40. The van der Waals surface area contributed by atoms with Gasteiger partial charge in [0.25, 0.3) is 5.91 Å². The third-order valence-electron chi connectivity index (χ3n) is 4.68. The molecule has 0 atom stereocenters. The lowest BCUT2D eigenvalue weighted by Crippen LogP contribution is -2.52. The van der Waals surface area contributed by atoms with Gasteiger partial charge in [0.1, 0.15) is 23.0 Å². The second kappa shape index (κ2) is 5.36. The number of H-pyrrole nitrogens is 1. The molecule has 2 aliphatic heterocycles. The van der Waals surface area contributed by atoms with Gasteiger partial charge in [-0.05, 0) is 24.3 Å². The Labute approximate surface area is 138 Å². The first-order valence-corrected chi connectivity index (χ1v) is 7.93. The van der Waals surface area contributed by atoms with Crippen molar-refractivity contribution in [1.82, 2.24) is 9.88 Å². The van der Waals surface area contributed by atoms with Crippen LogP contribution in [0.1, 0.15) is 28.9 Å². The molecule has 0 saturated carbocycles. The summed E-state index contributed by atoms with van der Waals surface area (Å²) in [6.45, 7) is 1.12. The third-order valence-corrected chi connectivity index (χ3v) is 4.68. The van der Waals surface area contributed by atoms with Crippen molar-refractivity contribution in [1.29, 1.82) is 0 Å². The number of nitrogens with one attached hydrogen (secondary N) is 2. The van der Waals surface area contributed by atoms with E-state index in [1.54, 1.807) is 35.4 Å². The van der Waals surface area contributed by atoms with E-state index in [1.165, 1.54) is 6.07 Å². The standard InChI is InChI=1S/C17H18FN5O/c18-11-3-1-4-12-14(11)15(19)22-17(21-12)6-9-23(10-7-17)16(24)13-5-2-8-20-13/h1-5,8,20-21H,6-7,9-10H2,(H2,19,22). The summed E-state index contributed by atoms with van der Waals surface area (Å²) in [7, 11) is 0. The number of piperidine rings is 1. The summed E-state index contributed by atoms with van der Waals surface area (Å²) in [6.07, 6.45) is 2.98. The van der Waals surface area contributed by atoms with Gasteiger partial charge in [-0.1, -0.05) is 6.07 Å². The highest BCUT2D eigenvalue weighted by molar-refractivity contribution is 6.04. The van der Waals surface area contributed by atoms with Gasteiger partial charge in [-0.2, -0.15) is 0 Å². The summed E-state index contributed by atoms with van der Waals surface area (Å²) in [5.41, 5.74) is 7.00. The first-order chi connectivity index (χ1) is 11.6. The fourth-order valence-corrected chi connectivity index (χ4v) is 3.40. The molecule has 1 saturated heterocycles. The minimum atomic E-state index is -0.572. The van der Waals surface area contributed by atoms with Gasteiger partial charge in [-0.25, -0.2) is 9.38 Å². The number of aromatic nitrogens is 1. The lowest BCUT2D eigenvalue weighted by molar-refractivity contribution is 0.0680. The van der Waals surface area contributed by atoms with Crippen LogP contribution in [0.25, 0.3) is 0 Å². The van der Waals surface area contributed by atoms with Gasteiger partial charge in [-0.3, -0.25) is 4.79 Å². The number of rotatable bonds is 1. The minimum Gasteiger partial charge on any atom is -0.383 e. The summed E-state index contributed by atoms with van der Waals surface area (Å²) in [6, 6.07) is 8.40. The van der Waals surface area contributed by atoms with Crippen molar-refractivity contribution in [2.24, 2.45) is 10.7 Å². The third kappa shape index (κ3) is 2.33. The van der Waals surface area contributed by atoms with Crippen LogP contribution in [-0.2, 0) is 0 Å². The maximum atomic E-state index is 13.9. The Balaban J connectivity index is 1.54. The van der Waals surface area contributed by atoms with Crippen LogP contribution in [0, 0.1) is 5.82 Å². The quantitative estimate of drug-likeness (QED) is 0.748. The highest BCUT2D eigenvalue weighted by atomic mass is 19.1. The first kappa shape index (κ1) is 14.7. The number of halogens is 1. The number of likely N-dealkylation sites (tertiary alicyclic amines) is 1. The zero-order chi connectivity index (χ0) is 16.7. The number of hydrogen-bond donors (Lipinski definition) is 3. The van der Waals surface area contributed by atoms with Gasteiger partial charge in [-0.15, -0.1) is 0 Å². The molecule has 1 aromatic heterocycles. The summed E-state index contributed by atoms with van der Waals surface area (Å²) >= 11 is 0. The summed E-state index contributed by atoms with van der Waals surface area (Å²) in [5, 5.41) is 3.32. The van der Waals surface area contributed by atoms with E-state index in [2.05, 4.69) is 15.3 Å². The van der Waals surface area contributed by atoms with Crippen molar-refractivity contribution in [2.75, 3.05) is 18.4 Å². The zero-order valence-corrected chi connectivity index (χ0v) is 13.1. The Morgan fingerprint density at radius 3 is 2.75 bits per heavy atom. The van der Waals surface area contributed by atoms with Crippen molar-refractivity contribution in [2.45, 2.75) is 18.5 Å². The lowest BCUT2D eigenvalue weighted by atomic mass is 9.93. The number of aliphatic imine (C=N–C) groups is 1. The molecule has 1 fully saturated rings. The molecule has 1 aromatic carbocycles. The first-order valence-electron chi connectivity index (χ1n) is 7.93. The van der Waals surface area contributed by atoms with Crippen LogP contribution >= 0.6 is 0 Å². The Bertz CT molecular complexity index is 806. The number of carbonyl (C=O) groups excluding carboxylic acids is 1. The molecule has 24 heavy (non-hydrogen) atoms. The molecular weight excluding hydrogens is 309 g/mol. The fraction of sp³-hybridized carbons (Fsp3) is 0.294. The van der Waals surface area contributed by atoms with Gasteiger partial charge in [0.2, 0.25) is 0 Å². The normalized spacial score (nSPS) is 18.7. The minimum absolute atomic E-state index is 0.0194. The Morgan fingerprint density at radius 2 is 2.04 bits per heavy atom. The number of carbonyl (C=O) groups is 1. The molecule has 3 heterocycles. The van der Waals surface area contributed by atoms with Crippen LogP contribution < -0.4 is 11.1 Å². The van der Waals surface area contributed by atoms with Crippen LogP contribution in [0.4, 0.5) is 10.1 Å². The largest absolute Gasteiger partial charge is 0.383 e. The molecule has 6 nitrogen and oxygen atoms in total. The predicted octanol–water partition coefficient (Wildman–Crippen LogP) is 1.92. The SMILES string of the molecule is NC1=NC2(CCN(C(=O)c3ccc[nH]3)CC2)Nc2cccc(F)c21. The number of benzene rings is 1. The second-order valence-corrected chi connectivity index (χ2v) is 6.19. The molecule has 2 aromatic rings. The molecule has 0 aliphatic carbocycles. The van der Waals surface area contributed by atoms with Crippen molar-refractivity contribution < 1.29 is 9.18 Å². The van der Waals surface area contributed by atoms with Crippen molar-refractivity contribution in [3.63, 3.8) is 0 Å². The van der Waals surface area contributed by atoms with Crippen LogP contribution in [0.2, 0.25) is 0 Å². The smallest absolute Gasteiger partial charge is 0.270 e. The number of fused-ring (bicyclic) bond motifs is 1. The predicted molar refractivity (Wildman–Crippen MR) is 89.4 cm³/mol. The van der Waals surface area contributed by atoms with Gasteiger partial charge in [0, 0.05) is 37.8 Å². The highest BCUT2D eigenvalue weighted by Gasteiger charge is 2.39. The van der Waals surface area contributed by atoms with Gasteiger partial charge in [0.15, 0.2) is 0 Å². The Kier molecular flexibility index (Phi) is 3.30.